The molecule has 136 valence electrons. The Hall–Kier alpha value is -1.76. The fourth-order valence-corrected chi connectivity index (χ4v) is 3.64. The second kappa shape index (κ2) is 7.64. The van der Waals surface area contributed by atoms with Crippen molar-refractivity contribution >= 4 is 5.65 Å². The molecule has 1 fully saturated rings. The van der Waals surface area contributed by atoms with Gasteiger partial charge in [0.05, 0.1) is 11.8 Å². The minimum Gasteiger partial charge on any atom is -0.392 e. The number of piperazine rings is 1. The highest BCUT2D eigenvalue weighted by Gasteiger charge is 2.26. The van der Waals surface area contributed by atoms with Gasteiger partial charge in [-0.2, -0.15) is 0 Å². The zero-order valence-electron chi connectivity index (χ0n) is 15.4. The van der Waals surface area contributed by atoms with Gasteiger partial charge in [-0.25, -0.2) is 4.98 Å². The molecule has 1 N–H and O–H groups in total. The van der Waals surface area contributed by atoms with Gasteiger partial charge in [0, 0.05) is 51.0 Å². The molecule has 0 amide bonds. The molecule has 0 radical (unpaired) electrons. The maximum atomic E-state index is 12.4. The number of β-amino-alcohol motifs (C(OH)–C–C–N with tert-alkyl or cyclic N) is 1. The summed E-state index contributed by atoms with van der Waals surface area (Å²) in [5.41, 5.74) is 2.55. The first-order chi connectivity index (χ1) is 12.0. The predicted octanol–water partition coefficient (Wildman–Crippen LogP) is 1.28. The Kier molecular flexibility index (Phi) is 5.51. The number of hydrogen-bond acceptors (Lipinski definition) is 5. The summed E-state index contributed by atoms with van der Waals surface area (Å²) in [5, 5.41) is 9.67. The Bertz CT molecular complexity index is 787. The summed E-state index contributed by atoms with van der Waals surface area (Å²) in [6.07, 6.45) is 2.58. The lowest BCUT2D eigenvalue weighted by Crippen LogP contribution is -2.54. The van der Waals surface area contributed by atoms with Crippen molar-refractivity contribution in [2.45, 2.75) is 45.9 Å². The van der Waals surface area contributed by atoms with E-state index in [0.29, 0.717) is 18.2 Å². The zero-order valence-corrected chi connectivity index (χ0v) is 15.4. The molecule has 0 unspecified atom stereocenters. The lowest BCUT2D eigenvalue weighted by Gasteiger charge is -2.41. The number of aliphatic hydroxyl groups excluding tert-OH is 1. The third-order valence-electron chi connectivity index (χ3n) is 4.90. The van der Waals surface area contributed by atoms with Gasteiger partial charge in [-0.1, -0.05) is 13.0 Å². The van der Waals surface area contributed by atoms with Crippen molar-refractivity contribution in [2.75, 3.05) is 26.2 Å². The van der Waals surface area contributed by atoms with Gasteiger partial charge in [-0.15, -0.1) is 0 Å². The summed E-state index contributed by atoms with van der Waals surface area (Å²) >= 11 is 0. The van der Waals surface area contributed by atoms with E-state index < -0.39 is 0 Å². The maximum Gasteiger partial charge on any atom is 0.258 e. The average molecular weight is 344 g/mol. The number of nitrogens with zero attached hydrogens (tertiary/aromatic N) is 4. The van der Waals surface area contributed by atoms with E-state index in [1.165, 1.54) is 0 Å². The van der Waals surface area contributed by atoms with Crippen LogP contribution in [0.5, 0.6) is 0 Å². The standard InChI is InChI=1S/C19H28N4O2/c1-4-17-13-21(7-8-22(17)11-15(3)24)12-16-9-19(25)23-10-14(2)5-6-18(23)20-16/h5-6,9-10,15,17,24H,4,7-8,11-13H2,1-3H3/t15-,17+/m0/s1. The lowest BCUT2D eigenvalue weighted by molar-refractivity contribution is 0.0333. The molecule has 6 heteroatoms. The molecule has 2 atom stereocenters. The molecule has 1 aliphatic rings. The van der Waals surface area contributed by atoms with Crippen LogP contribution in [-0.4, -0.2) is 62.6 Å². The van der Waals surface area contributed by atoms with Gasteiger partial charge >= 0.3 is 0 Å². The first-order valence-corrected chi connectivity index (χ1v) is 9.09. The van der Waals surface area contributed by atoms with Gasteiger partial charge in [0.25, 0.3) is 5.56 Å². The fourth-order valence-electron chi connectivity index (χ4n) is 3.64. The predicted molar refractivity (Wildman–Crippen MR) is 98.8 cm³/mol. The minimum atomic E-state index is -0.300. The molecule has 0 aliphatic carbocycles. The Labute approximate surface area is 148 Å². The molecule has 2 aromatic heterocycles. The molecular formula is C19H28N4O2. The normalized spacial score (nSPS) is 20.9. The van der Waals surface area contributed by atoms with Crippen LogP contribution in [0.15, 0.2) is 29.2 Å². The SMILES string of the molecule is CC[C@@H]1CN(Cc2cc(=O)n3cc(C)ccc3n2)CCN1C[C@H](C)O. The van der Waals surface area contributed by atoms with Crippen molar-refractivity contribution in [3.05, 3.63) is 46.0 Å². The van der Waals surface area contributed by atoms with Crippen LogP contribution in [0.1, 0.15) is 31.5 Å². The lowest BCUT2D eigenvalue weighted by atomic mass is 10.1. The topological polar surface area (TPSA) is 61.1 Å². The molecule has 0 aromatic carbocycles. The monoisotopic (exact) mass is 344 g/mol. The van der Waals surface area contributed by atoms with Crippen molar-refractivity contribution in [1.29, 1.82) is 0 Å². The highest BCUT2D eigenvalue weighted by Crippen LogP contribution is 2.15. The Morgan fingerprint density at radius 1 is 1.36 bits per heavy atom. The Morgan fingerprint density at radius 3 is 2.88 bits per heavy atom. The number of aryl methyl sites for hydroxylation is 1. The van der Waals surface area contributed by atoms with Gasteiger partial charge in [0.15, 0.2) is 0 Å². The maximum absolute atomic E-state index is 12.4. The number of rotatable bonds is 5. The van der Waals surface area contributed by atoms with E-state index in [1.807, 2.05) is 32.2 Å². The largest absolute Gasteiger partial charge is 0.392 e. The average Bonchev–Trinajstić information content (AvgIpc) is 2.56. The fraction of sp³-hybridized carbons (Fsp3) is 0.579. The number of fused-ring (bicyclic) bond motifs is 1. The molecule has 3 rings (SSSR count). The number of hydrogen-bond donors (Lipinski definition) is 1. The van der Waals surface area contributed by atoms with Crippen molar-refractivity contribution in [1.82, 2.24) is 19.2 Å². The van der Waals surface area contributed by atoms with Gasteiger partial charge in [-0.3, -0.25) is 19.0 Å². The van der Waals surface area contributed by atoms with E-state index in [-0.39, 0.29) is 11.7 Å². The van der Waals surface area contributed by atoms with Crippen LogP contribution < -0.4 is 5.56 Å². The molecular weight excluding hydrogens is 316 g/mol. The van der Waals surface area contributed by atoms with Crippen molar-refractivity contribution in [2.24, 2.45) is 0 Å². The second-order valence-corrected chi connectivity index (χ2v) is 7.16. The molecule has 0 spiro atoms. The summed E-state index contributed by atoms with van der Waals surface area (Å²) in [4.78, 5) is 21.7. The second-order valence-electron chi connectivity index (χ2n) is 7.16. The van der Waals surface area contributed by atoms with E-state index in [1.54, 1.807) is 10.5 Å². The molecule has 2 aromatic rings. The van der Waals surface area contributed by atoms with E-state index in [9.17, 15) is 9.90 Å². The van der Waals surface area contributed by atoms with Crippen molar-refractivity contribution in [3.8, 4) is 0 Å². The number of aliphatic hydroxyl groups is 1. The minimum absolute atomic E-state index is 0.0246. The highest BCUT2D eigenvalue weighted by atomic mass is 16.3. The molecule has 0 bridgehead atoms. The van der Waals surface area contributed by atoms with E-state index in [2.05, 4.69) is 21.7 Å². The van der Waals surface area contributed by atoms with Crippen LogP contribution in [0.4, 0.5) is 0 Å². The van der Waals surface area contributed by atoms with E-state index >= 15 is 0 Å². The molecule has 3 heterocycles. The summed E-state index contributed by atoms with van der Waals surface area (Å²) in [7, 11) is 0. The molecule has 25 heavy (non-hydrogen) atoms. The Morgan fingerprint density at radius 2 is 2.16 bits per heavy atom. The molecule has 1 aliphatic heterocycles. The molecule has 0 saturated carbocycles. The van der Waals surface area contributed by atoms with Crippen molar-refractivity contribution < 1.29 is 5.11 Å². The van der Waals surface area contributed by atoms with E-state index in [0.717, 1.165) is 43.9 Å². The van der Waals surface area contributed by atoms with Crippen LogP contribution in [0.3, 0.4) is 0 Å². The quantitative estimate of drug-likeness (QED) is 0.885. The first-order valence-electron chi connectivity index (χ1n) is 9.09. The van der Waals surface area contributed by atoms with Gasteiger partial charge in [0.2, 0.25) is 0 Å². The summed E-state index contributed by atoms with van der Waals surface area (Å²) in [6.45, 7) is 10.2. The Balaban J connectivity index is 1.73. The summed E-state index contributed by atoms with van der Waals surface area (Å²) in [6, 6.07) is 5.96. The van der Waals surface area contributed by atoms with Crippen LogP contribution in [0.25, 0.3) is 5.65 Å². The molecule has 6 nitrogen and oxygen atoms in total. The number of aromatic nitrogens is 2. The highest BCUT2D eigenvalue weighted by molar-refractivity contribution is 5.39. The molecule has 1 saturated heterocycles. The van der Waals surface area contributed by atoms with Crippen LogP contribution in [-0.2, 0) is 6.54 Å². The third kappa shape index (κ3) is 4.26. The summed E-state index contributed by atoms with van der Waals surface area (Å²) < 4.78 is 1.61. The number of pyridine rings is 1. The summed E-state index contributed by atoms with van der Waals surface area (Å²) in [5.74, 6) is 0. The van der Waals surface area contributed by atoms with Gasteiger partial charge < -0.3 is 5.11 Å². The van der Waals surface area contributed by atoms with Crippen LogP contribution in [0.2, 0.25) is 0 Å². The smallest absolute Gasteiger partial charge is 0.258 e. The van der Waals surface area contributed by atoms with Crippen molar-refractivity contribution in [3.63, 3.8) is 0 Å². The van der Waals surface area contributed by atoms with Gasteiger partial charge in [0.1, 0.15) is 5.65 Å². The van der Waals surface area contributed by atoms with Crippen LogP contribution >= 0.6 is 0 Å². The zero-order chi connectivity index (χ0) is 18.0. The third-order valence-corrected chi connectivity index (χ3v) is 4.90. The first kappa shape index (κ1) is 18.0. The van der Waals surface area contributed by atoms with E-state index in [4.69, 9.17) is 0 Å². The van der Waals surface area contributed by atoms with Gasteiger partial charge in [-0.05, 0) is 31.9 Å². The van der Waals surface area contributed by atoms with Crippen LogP contribution in [0, 0.1) is 6.92 Å².